The number of rotatable bonds is 8. The molecule has 0 unspecified atom stereocenters. The van der Waals surface area contributed by atoms with Crippen LogP contribution in [0.25, 0.3) is 0 Å². The van der Waals surface area contributed by atoms with Crippen LogP contribution in [0.1, 0.15) is 31.9 Å². The van der Waals surface area contributed by atoms with Crippen LogP contribution < -0.4 is 25.4 Å². The summed E-state index contributed by atoms with van der Waals surface area (Å²) in [7, 11) is 1.60. The van der Waals surface area contributed by atoms with Crippen molar-refractivity contribution in [1.82, 2.24) is 5.43 Å². The van der Waals surface area contributed by atoms with Crippen molar-refractivity contribution >= 4 is 46.1 Å². The summed E-state index contributed by atoms with van der Waals surface area (Å²) in [5.74, 6) is 2.10. The van der Waals surface area contributed by atoms with Crippen LogP contribution in [0.5, 0.6) is 17.2 Å². The van der Waals surface area contributed by atoms with Gasteiger partial charge >= 0.3 is 0 Å². The molecule has 8 heteroatoms. The highest BCUT2D eigenvalue weighted by atomic mass is 127. The topological polar surface area (TPSA) is 78.1 Å². The van der Waals surface area contributed by atoms with Crippen LogP contribution in [0, 0.1) is 3.57 Å². The number of nitrogens with zero attached hydrogens (tertiary/aromatic N) is 1. The van der Waals surface area contributed by atoms with Gasteiger partial charge in [0.25, 0.3) is 0 Å². The normalized spacial score (nSPS) is 11.3. The lowest BCUT2D eigenvalue weighted by atomic mass is 9.87. The van der Waals surface area contributed by atoms with Crippen molar-refractivity contribution < 1.29 is 14.2 Å². The molecule has 0 saturated heterocycles. The molecule has 0 atom stereocenters. The maximum Gasteiger partial charge on any atom is 0.184 e. The van der Waals surface area contributed by atoms with Crippen molar-refractivity contribution in [1.29, 1.82) is 0 Å². The third-order valence-corrected chi connectivity index (χ3v) is 4.85. The van der Waals surface area contributed by atoms with Crippen molar-refractivity contribution in [2.75, 3.05) is 20.3 Å². The second-order valence-electron chi connectivity index (χ2n) is 7.24. The molecule has 2 aromatic rings. The summed E-state index contributed by atoms with van der Waals surface area (Å²) in [6.07, 6.45) is 1.61. The zero-order valence-electron chi connectivity index (χ0n) is 17.0. The van der Waals surface area contributed by atoms with Crippen LogP contribution in [0.15, 0.2) is 41.5 Å². The van der Waals surface area contributed by atoms with E-state index in [1.165, 1.54) is 5.56 Å². The smallest absolute Gasteiger partial charge is 0.184 e. The third-order valence-electron chi connectivity index (χ3n) is 3.96. The summed E-state index contributed by atoms with van der Waals surface area (Å²) in [4.78, 5) is 0. The Kier molecular flexibility index (Phi) is 8.51. The maximum atomic E-state index is 5.90. The molecule has 0 spiro atoms. The average molecular weight is 527 g/mol. The largest absolute Gasteiger partial charge is 0.493 e. The molecule has 0 fully saturated rings. The fourth-order valence-electron chi connectivity index (χ4n) is 2.48. The first-order chi connectivity index (χ1) is 13.7. The van der Waals surface area contributed by atoms with Gasteiger partial charge in [0.15, 0.2) is 16.6 Å². The number of nitrogens with two attached hydrogens (primary N) is 1. The second kappa shape index (κ2) is 10.6. The minimum absolute atomic E-state index is 0.107. The standard InChI is InChI=1S/C21H26IN3O3S/c1-21(2,3)15-5-7-16(8-6-15)27-9-10-28-19-17(22)11-14(12-18(19)26-4)13-24-25-20(23)29/h5-8,11-13H,9-10H2,1-4H3,(H3,23,25,29)/b24-13-. The number of halogens is 1. The highest BCUT2D eigenvalue weighted by molar-refractivity contribution is 14.1. The Labute approximate surface area is 190 Å². The first-order valence-electron chi connectivity index (χ1n) is 9.03. The van der Waals surface area contributed by atoms with E-state index in [-0.39, 0.29) is 10.5 Å². The van der Waals surface area contributed by atoms with Crippen molar-refractivity contribution in [2.45, 2.75) is 26.2 Å². The van der Waals surface area contributed by atoms with Gasteiger partial charge in [-0.3, -0.25) is 5.43 Å². The first kappa shape index (κ1) is 23.2. The first-order valence-corrected chi connectivity index (χ1v) is 10.5. The van der Waals surface area contributed by atoms with E-state index in [0.717, 1.165) is 14.9 Å². The summed E-state index contributed by atoms with van der Waals surface area (Å²) >= 11 is 6.91. The molecular weight excluding hydrogens is 501 g/mol. The Bertz CT molecular complexity index is 865. The zero-order valence-corrected chi connectivity index (χ0v) is 20.0. The molecule has 0 aliphatic carbocycles. The molecule has 2 rings (SSSR count). The highest BCUT2D eigenvalue weighted by Gasteiger charge is 2.13. The Balaban J connectivity index is 1.94. The molecular formula is C21H26IN3O3S. The van der Waals surface area contributed by atoms with Gasteiger partial charge in [-0.15, -0.1) is 0 Å². The van der Waals surface area contributed by atoms with E-state index in [4.69, 9.17) is 32.2 Å². The number of hydrazone groups is 1. The van der Waals surface area contributed by atoms with E-state index >= 15 is 0 Å². The van der Waals surface area contributed by atoms with Gasteiger partial charge in [0, 0.05) is 0 Å². The van der Waals surface area contributed by atoms with Crippen molar-refractivity contribution in [2.24, 2.45) is 10.8 Å². The molecule has 156 valence electrons. The van der Waals surface area contributed by atoms with Gasteiger partial charge in [-0.05, 0) is 75.6 Å². The van der Waals surface area contributed by atoms with Crippen LogP contribution in [0.4, 0.5) is 0 Å². The summed E-state index contributed by atoms with van der Waals surface area (Å²) in [6.45, 7) is 7.38. The minimum atomic E-state index is 0.107. The third kappa shape index (κ3) is 7.36. The Hall–Kier alpha value is -2.07. The van der Waals surface area contributed by atoms with E-state index in [2.05, 4.69) is 66.0 Å². The molecule has 2 aromatic carbocycles. The predicted octanol–water partition coefficient (Wildman–Crippen LogP) is 4.22. The fraction of sp³-hybridized carbons (Fsp3) is 0.333. The summed E-state index contributed by atoms with van der Waals surface area (Å²) in [5, 5.41) is 4.06. The second-order valence-corrected chi connectivity index (χ2v) is 8.84. The number of hydrogen-bond acceptors (Lipinski definition) is 5. The number of methoxy groups -OCH3 is 1. The SMILES string of the molecule is COc1cc(/C=N\NC(N)=S)cc(I)c1OCCOc1ccc(C(C)(C)C)cc1. The number of benzene rings is 2. The average Bonchev–Trinajstić information content (AvgIpc) is 2.65. The molecule has 0 aliphatic heterocycles. The molecule has 0 aromatic heterocycles. The van der Waals surface area contributed by atoms with Crippen LogP contribution >= 0.6 is 34.8 Å². The van der Waals surface area contributed by atoms with Crippen molar-refractivity contribution in [3.8, 4) is 17.2 Å². The van der Waals surface area contributed by atoms with Gasteiger partial charge in [0.2, 0.25) is 0 Å². The molecule has 0 saturated carbocycles. The van der Waals surface area contributed by atoms with Gasteiger partial charge < -0.3 is 19.9 Å². The van der Waals surface area contributed by atoms with E-state index in [0.29, 0.717) is 24.7 Å². The van der Waals surface area contributed by atoms with Crippen molar-refractivity contribution in [3.63, 3.8) is 0 Å². The van der Waals surface area contributed by atoms with Crippen LogP contribution in [0.2, 0.25) is 0 Å². The lowest BCUT2D eigenvalue weighted by Crippen LogP contribution is -2.24. The highest BCUT2D eigenvalue weighted by Crippen LogP contribution is 2.33. The monoisotopic (exact) mass is 527 g/mol. The number of ether oxygens (including phenoxy) is 3. The summed E-state index contributed by atoms with van der Waals surface area (Å²) in [5.41, 5.74) is 10.1. The zero-order chi connectivity index (χ0) is 21.4. The summed E-state index contributed by atoms with van der Waals surface area (Å²) in [6, 6.07) is 11.9. The Morgan fingerprint density at radius 3 is 2.41 bits per heavy atom. The van der Waals surface area contributed by atoms with Crippen molar-refractivity contribution in [3.05, 3.63) is 51.1 Å². The van der Waals surface area contributed by atoms with E-state index in [1.807, 2.05) is 24.3 Å². The molecule has 29 heavy (non-hydrogen) atoms. The van der Waals surface area contributed by atoms with E-state index in [1.54, 1.807) is 13.3 Å². The van der Waals surface area contributed by atoms with Crippen LogP contribution in [-0.4, -0.2) is 31.7 Å². The van der Waals surface area contributed by atoms with Crippen LogP contribution in [-0.2, 0) is 5.41 Å². The Morgan fingerprint density at radius 2 is 1.83 bits per heavy atom. The van der Waals surface area contributed by atoms with Gasteiger partial charge in [-0.25, -0.2) is 0 Å². The van der Waals surface area contributed by atoms with Gasteiger partial charge in [-0.2, -0.15) is 5.10 Å². The predicted molar refractivity (Wildman–Crippen MR) is 129 cm³/mol. The van der Waals surface area contributed by atoms with Gasteiger partial charge in [0.1, 0.15) is 19.0 Å². The molecule has 6 nitrogen and oxygen atoms in total. The molecule has 3 N–H and O–H groups in total. The van der Waals surface area contributed by atoms with E-state index < -0.39 is 0 Å². The molecule has 0 amide bonds. The quantitative estimate of drug-likeness (QED) is 0.176. The number of hydrogen-bond donors (Lipinski definition) is 2. The lowest BCUT2D eigenvalue weighted by Gasteiger charge is -2.19. The Morgan fingerprint density at radius 1 is 1.17 bits per heavy atom. The van der Waals surface area contributed by atoms with Gasteiger partial charge in [0.05, 0.1) is 16.9 Å². The minimum Gasteiger partial charge on any atom is -0.493 e. The molecule has 0 bridgehead atoms. The summed E-state index contributed by atoms with van der Waals surface area (Å²) < 4.78 is 18.0. The molecule has 0 heterocycles. The number of nitrogens with one attached hydrogen (secondary N) is 1. The van der Waals surface area contributed by atoms with Gasteiger partial charge in [-0.1, -0.05) is 32.9 Å². The molecule has 0 aliphatic rings. The number of thiocarbonyl (C=S) groups is 1. The van der Waals surface area contributed by atoms with E-state index in [9.17, 15) is 0 Å². The lowest BCUT2D eigenvalue weighted by molar-refractivity contribution is 0.210. The van der Waals surface area contributed by atoms with Crippen LogP contribution in [0.3, 0.4) is 0 Å². The molecule has 0 radical (unpaired) electrons. The fourth-order valence-corrected chi connectivity index (χ4v) is 3.31. The maximum absolute atomic E-state index is 5.90.